The van der Waals surface area contributed by atoms with Crippen LogP contribution in [0.4, 0.5) is 0 Å². The van der Waals surface area contributed by atoms with Crippen LogP contribution in [-0.4, -0.2) is 33.9 Å². The molecule has 2 aromatic heterocycles. The summed E-state index contributed by atoms with van der Waals surface area (Å²) in [5, 5.41) is 7.43. The van der Waals surface area contributed by atoms with Crippen molar-refractivity contribution in [3.8, 4) is 17.3 Å². The quantitative estimate of drug-likeness (QED) is 0.770. The van der Waals surface area contributed by atoms with Crippen LogP contribution in [0.2, 0.25) is 0 Å². The van der Waals surface area contributed by atoms with Gasteiger partial charge >= 0.3 is 0 Å². The number of rotatable bonds is 4. The van der Waals surface area contributed by atoms with Gasteiger partial charge < -0.3 is 14.8 Å². The van der Waals surface area contributed by atoms with Gasteiger partial charge in [-0.15, -0.1) is 0 Å². The molecular formula is C20H20N4O3. The lowest BCUT2D eigenvalue weighted by Gasteiger charge is -2.19. The number of benzene rings is 1. The lowest BCUT2D eigenvalue weighted by molar-refractivity contribution is 0.0938. The van der Waals surface area contributed by atoms with E-state index in [1.165, 1.54) is 0 Å². The van der Waals surface area contributed by atoms with E-state index in [1.54, 1.807) is 35.3 Å². The third-order valence-electron chi connectivity index (χ3n) is 4.53. The van der Waals surface area contributed by atoms with Crippen molar-refractivity contribution in [1.29, 1.82) is 0 Å². The molecule has 1 N–H and O–H groups in total. The van der Waals surface area contributed by atoms with Crippen LogP contribution in [0.3, 0.4) is 0 Å². The summed E-state index contributed by atoms with van der Waals surface area (Å²) in [5.74, 6) is 1.83. The van der Waals surface area contributed by atoms with Crippen molar-refractivity contribution >= 4 is 5.91 Å². The van der Waals surface area contributed by atoms with Gasteiger partial charge in [0.25, 0.3) is 5.91 Å². The smallest absolute Gasteiger partial charge is 0.251 e. The molecule has 4 rings (SSSR count). The Balaban J connectivity index is 1.52. The van der Waals surface area contributed by atoms with E-state index in [1.807, 2.05) is 32.0 Å². The number of carbonyl (C=O) groups is 1. The van der Waals surface area contributed by atoms with Crippen LogP contribution in [0.25, 0.3) is 5.82 Å². The Hall–Kier alpha value is -3.35. The van der Waals surface area contributed by atoms with Gasteiger partial charge in [-0.25, -0.2) is 9.67 Å². The summed E-state index contributed by atoms with van der Waals surface area (Å²) in [6.45, 7) is 4.90. The maximum atomic E-state index is 12.7. The van der Waals surface area contributed by atoms with Gasteiger partial charge in [0.05, 0.1) is 12.2 Å². The molecule has 0 fully saturated rings. The molecule has 138 valence electrons. The van der Waals surface area contributed by atoms with Crippen molar-refractivity contribution in [1.82, 2.24) is 20.1 Å². The van der Waals surface area contributed by atoms with E-state index in [0.29, 0.717) is 30.3 Å². The van der Waals surface area contributed by atoms with Crippen molar-refractivity contribution in [2.45, 2.75) is 19.9 Å². The van der Waals surface area contributed by atoms with Gasteiger partial charge in [-0.05, 0) is 44.2 Å². The van der Waals surface area contributed by atoms with Gasteiger partial charge in [0.1, 0.15) is 13.2 Å². The number of nitrogens with zero attached hydrogens (tertiary/aromatic N) is 3. The zero-order chi connectivity index (χ0) is 18.8. The van der Waals surface area contributed by atoms with Crippen LogP contribution >= 0.6 is 0 Å². The van der Waals surface area contributed by atoms with Crippen molar-refractivity contribution in [2.75, 3.05) is 13.2 Å². The predicted molar refractivity (Wildman–Crippen MR) is 99.4 cm³/mol. The Morgan fingerprint density at radius 2 is 2.00 bits per heavy atom. The van der Waals surface area contributed by atoms with Gasteiger partial charge in [-0.2, -0.15) is 5.10 Å². The summed E-state index contributed by atoms with van der Waals surface area (Å²) in [7, 11) is 0. The fraction of sp³-hybridized carbons (Fsp3) is 0.250. The summed E-state index contributed by atoms with van der Waals surface area (Å²) in [6.07, 6.45) is 3.49. The first-order valence-corrected chi connectivity index (χ1v) is 8.80. The van der Waals surface area contributed by atoms with E-state index in [-0.39, 0.29) is 11.9 Å². The molecule has 0 radical (unpaired) electrons. The van der Waals surface area contributed by atoms with Crippen LogP contribution in [0.1, 0.15) is 34.6 Å². The molecule has 3 heterocycles. The molecule has 1 amide bonds. The minimum Gasteiger partial charge on any atom is -0.486 e. The minimum atomic E-state index is -0.205. The second-order valence-electron chi connectivity index (χ2n) is 6.34. The Kier molecular flexibility index (Phi) is 4.50. The average Bonchev–Trinajstić information content (AvgIpc) is 3.09. The summed E-state index contributed by atoms with van der Waals surface area (Å²) in [4.78, 5) is 17.0. The molecule has 0 spiro atoms. The number of pyridine rings is 1. The molecule has 0 saturated heterocycles. The molecular weight excluding hydrogens is 344 g/mol. The predicted octanol–water partition coefficient (Wildman–Crippen LogP) is 2.84. The Morgan fingerprint density at radius 3 is 2.78 bits per heavy atom. The van der Waals surface area contributed by atoms with Crippen molar-refractivity contribution < 1.29 is 14.3 Å². The Labute approximate surface area is 156 Å². The molecule has 0 saturated carbocycles. The molecule has 1 aliphatic heterocycles. The highest BCUT2D eigenvalue weighted by Crippen LogP contribution is 2.31. The molecule has 1 atom stereocenters. The molecule has 0 aliphatic carbocycles. The highest BCUT2D eigenvalue weighted by atomic mass is 16.6. The number of carbonyl (C=O) groups excluding carboxylic acids is 1. The third kappa shape index (κ3) is 3.36. The molecule has 0 bridgehead atoms. The van der Waals surface area contributed by atoms with Crippen molar-refractivity contribution in [2.24, 2.45) is 0 Å². The second-order valence-corrected chi connectivity index (χ2v) is 6.34. The van der Waals surface area contributed by atoms with Crippen LogP contribution in [-0.2, 0) is 0 Å². The van der Waals surface area contributed by atoms with Crippen molar-refractivity contribution in [3.05, 3.63) is 65.6 Å². The van der Waals surface area contributed by atoms with E-state index in [0.717, 1.165) is 17.1 Å². The molecule has 27 heavy (non-hydrogen) atoms. The largest absolute Gasteiger partial charge is 0.486 e. The summed E-state index contributed by atoms with van der Waals surface area (Å²) >= 11 is 0. The van der Waals surface area contributed by atoms with Gasteiger partial charge in [0.15, 0.2) is 17.3 Å². The van der Waals surface area contributed by atoms with E-state index in [2.05, 4.69) is 15.4 Å². The lowest BCUT2D eigenvalue weighted by atomic mass is 10.1. The second kappa shape index (κ2) is 7.11. The number of nitrogens with one attached hydrogen (secondary N) is 1. The van der Waals surface area contributed by atoms with E-state index < -0.39 is 0 Å². The number of aromatic nitrogens is 3. The standard InChI is InChI=1S/C20H20N4O3/c1-13(16-12-22-24(14(16)2)19-5-3-4-8-21-19)23-20(25)15-6-7-17-18(11-15)27-10-9-26-17/h3-8,11-13H,9-10H2,1-2H3,(H,23,25). The van der Waals surface area contributed by atoms with E-state index >= 15 is 0 Å². The first-order chi connectivity index (χ1) is 13.1. The van der Waals surface area contributed by atoms with E-state index in [4.69, 9.17) is 9.47 Å². The number of ether oxygens (including phenoxy) is 2. The third-order valence-corrected chi connectivity index (χ3v) is 4.53. The molecule has 1 aromatic carbocycles. The Morgan fingerprint density at radius 1 is 1.19 bits per heavy atom. The topological polar surface area (TPSA) is 78.3 Å². The zero-order valence-corrected chi connectivity index (χ0v) is 15.2. The van der Waals surface area contributed by atoms with Gasteiger partial charge in [-0.1, -0.05) is 6.07 Å². The normalized spacial score (nSPS) is 13.9. The van der Waals surface area contributed by atoms with Crippen LogP contribution in [0.5, 0.6) is 11.5 Å². The summed E-state index contributed by atoms with van der Waals surface area (Å²) < 4.78 is 12.8. The van der Waals surface area contributed by atoms with Gasteiger partial charge in [0.2, 0.25) is 0 Å². The SMILES string of the molecule is Cc1c(C(C)NC(=O)c2ccc3c(c2)OCCO3)cnn1-c1ccccn1. The van der Waals surface area contributed by atoms with Gasteiger partial charge in [0, 0.05) is 23.0 Å². The fourth-order valence-electron chi connectivity index (χ4n) is 3.10. The molecule has 7 nitrogen and oxygen atoms in total. The monoisotopic (exact) mass is 364 g/mol. The van der Waals surface area contributed by atoms with Crippen LogP contribution < -0.4 is 14.8 Å². The highest BCUT2D eigenvalue weighted by molar-refractivity contribution is 5.95. The van der Waals surface area contributed by atoms with Crippen LogP contribution in [0.15, 0.2) is 48.8 Å². The number of hydrogen-bond acceptors (Lipinski definition) is 5. The molecule has 7 heteroatoms. The zero-order valence-electron chi connectivity index (χ0n) is 15.2. The first-order valence-electron chi connectivity index (χ1n) is 8.80. The first kappa shape index (κ1) is 17.1. The Bertz CT molecular complexity index is 969. The molecule has 1 aliphatic rings. The molecule has 3 aromatic rings. The maximum absolute atomic E-state index is 12.7. The van der Waals surface area contributed by atoms with Gasteiger partial charge in [-0.3, -0.25) is 4.79 Å². The van der Waals surface area contributed by atoms with Crippen LogP contribution in [0, 0.1) is 6.92 Å². The number of amides is 1. The minimum absolute atomic E-state index is 0.176. The number of hydrogen-bond donors (Lipinski definition) is 1. The molecule has 1 unspecified atom stereocenters. The summed E-state index contributed by atoms with van der Waals surface area (Å²) in [6, 6.07) is 10.7. The van der Waals surface area contributed by atoms with Crippen molar-refractivity contribution in [3.63, 3.8) is 0 Å². The lowest BCUT2D eigenvalue weighted by Crippen LogP contribution is -2.27. The summed E-state index contributed by atoms with van der Waals surface area (Å²) in [5.41, 5.74) is 2.40. The fourth-order valence-corrected chi connectivity index (χ4v) is 3.10. The maximum Gasteiger partial charge on any atom is 0.251 e. The average molecular weight is 364 g/mol. The highest BCUT2D eigenvalue weighted by Gasteiger charge is 2.19. The van der Waals surface area contributed by atoms with E-state index in [9.17, 15) is 4.79 Å². The number of fused-ring (bicyclic) bond motifs is 1.